The van der Waals surface area contributed by atoms with Gasteiger partial charge in [0.15, 0.2) is 0 Å². The first kappa shape index (κ1) is 10.8. The van der Waals surface area contributed by atoms with E-state index in [0.717, 1.165) is 19.3 Å². The Morgan fingerprint density at radius 3 is 2.29 bits per heavy atom. The Bertz CT molecular complexity index is 20.0. The van der Waals surface area contributed by atoms with Gasteiger partial charge in [-0.15, -0.1) is 6.42 Å². The van der Waals surface area contributed by atoms with Crippen molar-refractivity contribution in [2.45, 2.75) is 19.3 Å². The van der Waals surface area contributed by atoms with Crippen LogP contribution in [0, 0.1) is 12.8 Å². The second kappa shape index (κ2) is 10.0. The smallest absolute Gasteiger partial charge is 0.349 e. The Morgan fingerprint density at radius 1 is 1.57 bits per heavy atom. The molecule has 0 spiro atoms. The van der Waals surface area contributed by atoms with Crippen LogP contribution < -0.4 is 0 Å². The number of halogens is 1. The largest absolute Gasteiger partial charge is 2.00 e. The van der Waals surface area contributed by atoms with Crippen molar-refractivity contribution in [2.75, 3.05) is 0 Å². The summed E-state index contributed by atoms with van der Waals surface area (Å²) in [4.78, 5) is 0. The number of rotatable bonds is 3. The molecule has 0 nitrogen and oxygen atoms in total. The van der Waals surface area contributed by atoms with E-state index in [1.54, 1.807) is 5.88 Å². The van der Waals surface area contributed by atoms with Gasteiger partial charge in [0.05, 0.1) is 0 Å². The molecule has 38 valence electrons. The SMILES string of the molecule is [CH2-]CCC[CH-]Cl.[Zn+2]. The van der Waals surface area contributed by atoms with Crippen molar-refractivity contribution in [1.29, 1.82) is 0 Å². The molecule has 0 aromatic rings. The van der Waals surface area contributed by atoms with E-state index < -0.39 is 0 Å². The van der Waals surface area contributed by atoms with Crippen molar-refractivity contribution < 1.29 is 19.5 Å². The van der Waals surface area contributed by atoms with Crippen molar-refractivity contribution in [3.05, 3.63) is 12.8 Å². The number of unbranched alkanes of at least 4 members (excludes halogenated alkanes) is 2. The van der Waals surface area contributed by atoms with Crippen molar-refractivity contribution in [3.8, 4) is 0 Å². The van der Waals surface area contributed by atoms with Gasteiger partial charge in [0, 0.05) is 0 Å². The Kier molecular flexibility index (Phi) is 15.5. The summed E-state index contributed by atoms with van der Waals surface area (Å²) < 4.78 is 0. The molecule has 0 fully saturated rings. The number of hydrogen-bond donors (Lipinski definition) is 0. The van der Waals surface area contributed by atoms with Gasteiger partial charge in [-0.2, -0.15) is 12.8 Å². The fraction of sp³-hybridized carbons (Fsp3) is 0.600. The van der Waals surface area contributed by atoms with E-state index in [-0.39, 0.29) is 19.5 Å². The molecule has 0 saturated carbocycles. The first-order valence-corrected chi connectivity index (χ1v) is 2.56. The van der Waals surface area contributed by atoms with Crippen LogP contribution in [0.5, 0.6) is 0 Å². The second-order valence-electron chi connectivity index (χ2n) is 1.15. The van der Waals surface area contributed by atoms with Crippen LogP contribution in [0.4, 0.5) is 0 Å². The second-order valence-corrected chi connectivity index (χ2v) is 1.46. The summed E-state index contributed by atoms with van der Waals surface area (Å²) in [5.41, 5.74) is 0. The molecular weight excluding hydrogens is 161 g/mol. The fourth-order valence-corrected chi connectivity index (χ4v) is 0.376. The van der Waals surface area contributed by atoms with Crippen molar-refractivity contribution in [2.24, 2.45) is 0 Å². The molecule has 0 amide bonds. The van der Waals surface area contributed by atoms with Crippen molar-refractivity contribution >= 4 is 11.6 Å². The van der Waals surface area contributed by atoms with E-state index in [1.807, 2.05) is 0 Å². The minimum atomic E-state index is 0. The van der Waals surface area contributed by atoms with Gasteiger partial charge in [0.1, 0.15) is 0 Å². The van der Waals surface area contributed by atoms with Gasteiger partial charge in [-0.3, -0.25) is 0 Å². The molecule has 0 unspecified atom stereocenters. The van der Waals surface area contributed by atoms with Crippen LogP contribution in [0.25, 0.3) is 0 Å². The van der Waals surface area contributed by atoms with Gasteiger partial charge < -0.3 is 18.5 Å². The fourth-order valence-electron chi connectivity index (χ4n) is 0.221. The molecule has 0 N–H and O–H groups in total. The van der Waals surface area contributed by atoms with Gasteiger partial charge >= 0.3 is 19.5 Å². The van der Waals surface area contributed by atoms with Crippen LogP contribution in [-0.2, 0) is 19.5 Å². The summed E-state index contributed by atoms with van der Waals surface area (Å²) in [6.45, 7) is 3.64. The molecule has 0 aliphatic heterocycles. The minimum Gasteiger partial charge on any atom is -0.349 e. The normalized spacial score (nSPS) is 7.71. The standard InChI is InChI=1S/C5H9Cl.Zn/c1-2-3-4-5-6;/h5H,1-4H2;/q-2;+2. The van der Waals surface area contributed by atoms with E-state index in [4.69, 9.17) is 11.6 Å². The molecule has 0 rings (SSSR count). The summed E-state index contributed by atoms with van der Waals surface area (Å²) in [6.07, 6.45) is 3.10. The summed E-state index contributed by atoms with van der Waals surface area (Å²) in [5.74, 6) is 1.64. The van der Waals surface area contributed by atoms with Crippen LogP contribution in [0.15, 0.2) is 0 Å². The molecule has 0 aromatic carbocycles. The van der Waals surface area contributed by atoms with Gasteiger partial charge in [0.2, 0.25) is 0 Å². The third kappa shape index (κ3) is 10.9. The molecule has 0 aliphatic rings. The molecule has 7 heavy (non-hydrogen) atoms. The molecule has 0 heterocycles. The quantitative estimate of drug-likeness (QED) is 0.346. The molecule has 0 radical (unpaired) electrons. The van der Waals surface area contributed by atoms with E-state index in [2.05, 4.69) is 6.92 Å². The zero-order chi connectivity index (χ0) is 4.83. The Morgan fingerprint density at radius 2 is 2.14 bits per heavy atom. The zero-order valence-electron chi connectivity index (χ0n) is 4.49. The molecule has 0 aromatic heterocycles. The maximum Gasteiger partial charge on any atom is 2.00 e. The topological polar surface area (TPSA) is 0 Å². The van der Waals surface area contributed by atoms with Gasteiger partial charge in [0.25, 0.3) is 0 Å². The van der Waals surface area contributed by atoms with Crippen LogP contribution in [0.2, 0.25) is 0 Å². The van der Waals surface area contributed by atoms with Crippen molar-refractivity contribution in [3.63, 3.8) is 0 Å². The molecule has 2 heteroatoms. The van der Waals surface area contributed by atoms with Gasteiger partial charge in [-0.05, 0) is 0 Å². The van der Waals surface area contributed by atoms with Crippen molar-refractivity contribution in [1.82, 2.24) is 0 Å². The van der Waals surface area contributed by atoms with Crippen LogP contribution in [0.1, 0.15) is 19.3 Å². The predicted molar refractivity (Wildman–Crippen MR) is 29.4 cm³/mol. The summed E-state index contributed by atoms with van der Waals surface area (Å²) >= 11 is 5.23. The Labute approximate surface area is 63.4 Å². The molecule has 0 atom stereocenters. The summed E-state index contributed by atoms with van der Waals surface area (Å²) in [7, 11) is 0. The molecule has 0 saturated heterocycles. The van der Waals surface area contributed by atoms with Crippen LogP contribution >= 0.6 is 11.6 Å². The maximum atomic E-state index is 5.23. The Balaban J connectivity index is 0. The first-order valence-electron chi connectivity index (χ1n) is 2.13. The van der Waals surface area contributed by atoms with Gasteiger partial charge in [-0.1, -0.05) is 0 Å². The number of hydrogen-bond acceptors (Lipinski definition) is 0. The molecule has 0 aliphatic carbocycles. The third-order valence-corrected chi connectivity index (χ3v) is 0.781. The first-order chi connectivity index (χ1) is 2.91. The van der Waals surface area contributed by atoms with Crippen LogP contribution in [0.3, 0.4) is 0 Å². The summed E-state index contributed by atoms with van der Waals surface area (Å²) in [6, 6.07) is 0. The maximum absolute atomic E-state index is 5.23. The van der Waals surface area contributed by atoms with E-state index in [9.17, 15) is 0 Å². The van der Waals surface area contributed by atoms with E-state index >= 15 is 0 Å². The van der Waals surface area contributed by atoms with E-state index in [0.29, 0.717) is 0 Å². The van der Waals surface area contributed by atoms with Crippen LogP contribution in [-0.4, -0.2) is 0 Å². The monoisotopic (exact) mass is 168 g/mol. The third-order valence-electron chi connectivity index (χ3n) is 0.563. The van der Waals surface area contributed by atoms with E-state index in [1.165, 1.54) is 0 Å². The molecular formula is C5H9ClZn. The average molecular weight is 170 g/mol. The summed E-state index contributed by atoms with van der Waals surface area (Å²) in [5, 5.41) is 0. The molecule has 0 bridgehead atoms. The minimum absolute atomic E-state index is 0. The average Bonchev–Trinajstić information content (AvgIpc) is 1.61. The van der Waals surface area contributed by atoms with Gasteiger partial charge in [-0.25, -0.2) is 5.88 Å². The predicted octanol–water partition coefficient (Wildman–Crippen LogP) is 2.39. The Hall–Kier alpha value is 0.913. The zero-order valence-corrected chi connectivity index (χ0v) is 8.21.